The predicted octanol–water partition coefficient (Wildman–Crippen LogP) is 2.60. The summed E-state index contributed by atoms with van der Waals surface area (Å²) in [5.41, 5.74) is 2.24. The largest absolute Gasteiger partial charge is 0.384 e. The van der Waals surface area contributed by atoms with Crippen LogP contribution in [0.4, 0.5) is 0 Å². The maximum absolute atomic E-state index is 8.81. The molecule has 0 aliphatic rings. The van der Waals surface area contributed by atoms with E-state index in [1.807, 2.05) is 30.0 Å². The Labute approximate surface area is 121 Å². The van der Waals surface area contributed by atoms with Gasteiger partial charge in [-0.15, -0.1) is 0 Å². The van der Waals surface area contributed by atoms with E-state index in [2.05, 4.69) is 43.0 Å². The first-order valence-electron chi connectivity index (χ1n) is 6.59. The Morgan fingerprint density at radius 2 is 2.11 bits per heavy atom. The van der Waals surface area contributed by atoms with Gasteiger partial charge < -0.3 is 5.11 Å². The van der Waals surface area contributed by atoms with Crippen LogP contribution in [0, 0.1) is 11.8 Å². The molecule has 1 atom stereocenters. The number of nitrogens with zero attached hydrogens (tertiary/aromatic N) is 1. The van der Waals surface area contributed by atoms with Gasteiger partial charge in [0.2, 0.25) is 0 Å². The summed E-state index contributed by atoms with van der Waals surface area (Å²) in [5, 5.41) is 8.81. The summed E-state index contributed by atoms with van der Waals surface area (Å²) in [6, 6.07) is 8.76. The summed E-state index contributed by atoms with van der Waals surface area (Å²) in [4.78, 5) is 2.38. The van der Waals surface area contributed by atoms with Crippen molar-refractivity contribution >= 4 is 11.8 Å². The van der Waals surface area contributed by atoms with E-state index in [1.165, 1.54) is 5.56 Å². The molecule has 0 aliphatic heterocycles. The van der Waals surface area contributed by atoms with Crippen LogP contribution in [0.5, 0.6) is 0 Å². The molecule has 0 spiro atoms. The Bertz CT molecular complexity index is 436. The Balaban J connectivity index is 2.80. The van der Waals surface area contributed by atoms with Crippen molar-refractivity contribution in [2.24, 2.45) is 0 Å². The molecule has 0 saturated carbocycles. The number of hydrogen-bond acceptors (Lipinski definition) is 3. The lowest BCUT2D eigenvalue weighted by Crippen LogP contribution is -2.32. The van der Waals surface area contributed by atoms with E-state index in [4.69, 9.17) is 5.11 Å². The molecule has 0 aromatic heterocycles. The van der Waals surface area contributed by atoms with Crippen LogP contribution in [0.15, 0.2) is 24.3 Å². The molecule has 2 nitrogen and oxygen atoms in total. The van der Waals surface area contributed by atoms with Gasteiger partial charge >= 0.3 is 0 Å². The molecule has 1 aromatic carbocycles. The number of aliphatic hydroxyl groups is 1. The van der Waals surface area contributed by atoms with Gasteiger partial charge in [-0.3, -0.25) is 4.90 Å². The average Bonchev–Trinajstić information content (AvgIpc) is 2.43. The zero-order valence-electron chi connectivity index (χ0n) is 12.0. The molecule has 3 heteroatoms. The van der Waals surface area contributed by atoms with E-state index in [9.17, 15) is 0 Å². The second-order valence-corrected chi connectivity index (χ2v) is 5.46. The number of aliphatic hydroxyl groups excluding tert-OH is 1. The monoisotopic (exact) mass is 277 g/mol. The fourth-order valence-electron chi connectivity index (χ4n) is 2.06. The van der Waals surface area contributed by atoms with Crippen LogP contribution in [0.2, 0.25) is 0 Å². The lowest BCUT2D eigenvalue weighted by atomic mass is 10.1. The van der Waals surface area contributed by atoms with Gasteiger partial charge in [-0.1, -0.05) is 37.0 Å². The topological polar surface area (TPSA) is 23.5 Å². The van der Waals surface area contributed by atoms with Gasteiger partial charge in [-0.05, 0) is 31.4 Å². The van der Waals surface area contributed by atoms with Crippen molar-refractivity contribution in [3.8, 4) is 11.8 Å². The molecule has 0 bridgehead atoms. The van der Waals surface area contributed by atoms with Gasteiger partial charge in [0, 0.05) is 23.9 Å². The van der Waals surface area contributed by atoms with Crippen molar-refractivity contribution in [2.45, 2.75) is 25.9 Å². The third-order valence-electron chi connectivity index (χ3n) is 3.19. The maximum atomic E-state index is 8.81. The first-order valence-corrected chi connectivity index (χ1v) is 7.99. The Morgan fingerprint density at radius 1 is 1.37 bits per heavy atom. The Morgan fingerprint density at radius 3 is 2.74 bits per heavy atom. The van der Waals surface area contributed by atoms with Crippen LogP contribution in [0.3, 0.4) is 0 Å². The van der Waals surface area contributed by atoms with Gasteiger partial charge in [0.15, 0.2) is 0 Å². The minimum absolute atomic E-state index is 0.0891. The Kier molecular flexibility index (Phi) is 7.66. The van der Waals surface area contributed by atoms with Crippen LogP contribution in [-0.4, -0.2) is 41.7 Å². The minimum Gasteiger partial charge on any atom is -0.384 e. The summed E-state index contributed by atoms with van der Waals surface area (Å²) in [6.07, 6.45) is 3.30. The molecular formula is C16H23NOS. The van der Waals surface area contributed by atoms with E-state index in [0.717, 1.165) is 24.3 Å². The van der Waals surface area contributed by atoms with E-state index in [0.29, 0.717) is 6.04 Å². The van der Waals surface area contributed by atoms with Gasteiger partial charge in [0.1, 0.15) is 6.61 Å². The second-order valence-electron chi connectivity index (χ2n) is 4.55. The smallest absolute Gasteiger partial charge is 0.104 e. The molecule has 1 N–H and O–H groups in total. The molecule has 104 valence electrons. The standard InChI is InChI=1S/C16H23NOS/c1-4-16(13-19-3)17(2)12-15-9-6-5-8-14(15)10-7-11-18/h5-6,8-9,16,18H,4,11-13H2,1-3H3. The fourth-order valence-corrected chi connectivity index (χ4v) is 2.94. The summed E-state index contributed by atoms with van der Waals surface area (Å²) < 4.78 is 0. The number of thioether (sulfide) groups is 1. The summed E-state index contributed by atoms with van der Waals surface area (Å²) in [5.74, 6) is 6.91. The molecule has 0 amide bonds. The lowest BCUT2D eigenvalue weighted by molar-refractivity contribution is 0.248. The van der Waals surface area contributed by atoms with Gasteiger partial charge in [0.05, 0.1) is 0 Å². The molecule has 0 fully saturated rings. The first kappa shape index (κ1) is 16.1. The third-order valence-corrected chi connectivity index (χ3v) is 3.91. The van der Waals surface area contributed by atoms with Crippen LogP contribution in [0.1, 0.15) is 24.5 Å². The van der Waals surface area contributed by atoms with Crippen LogP contribution in [0.25, 0.3) is 0 Å². The van der Waals surface area contributed by atoms with Gasteiger partial charge in [-0.2, -0.15) is 11.8 Å². The van der Waals surface area contributed by atoms with Crippen molar-refractivity contribution in [1.29, 1.82) is 0 Å². The van der Waals surface area contributed by atoms with Crippen molar-refractivity contribution in [1.82, 2.24) is 4.90 Å². The van der Waals surface area contributed by atoms with Crippen LogP contribution >= 0.6 is 11.8 Å². The van der Waals surface area contributed by atoms with Crippen molar-refractivity contribution in [3.05, 3.63) is 35.4 Å². The molecule has 0 heterocycles. The predicted molar refractivity (Wildman–Crippen MR) is 84.3 cm³/mol. The molecule has 1 aromatic rings. The quantitative estimate of drug-likeness (QED) is 0.809. The Hall–Kier alpha value is -0.950. The normalized spacial score (nSPS) is 12.1. The van der Waals surface area contributed by atoms with Crippen molar-refractivity contribution in [2.75, 3.05) is 25.7 Å². The number of hydrogen-bond donors (Lipinski definition) is 1. The highest BCUT2D eigenvalue weighted by Crippen LogP contribution is 2.15. The van der Waals surface area contributed by atoms with E-state index in [-0.39, 0.29) is 6.61 Å². The molecule has 19 heavy (non-hydrogen) atoms. The first-order chi connectivity index (χ1) is 9.22. The highest BCUT2D eigenvalue weighted by Gasteiger charge is 2.13. The zero-order chi connectivity index (χ0) is 14.1. The van der Waals surface area contributed by atoms with Gasteiger partial charge in [0.25, 0.3) is 0 Å². The second kappa shape index (κ2) is 9.03. The van der Waals surface area contributed by atoms with Crippen LogP contribution < -0.4 is 0 Å². The molecular weight excluding hydrogens is 254 g/mol. The highest BCUT2D eigenvalue weighted by molar-refractivity contribution is 7.98. The molecule has 0 aliphatic carbocycles. The van der Waals surface area contributed by atoms with Crippen molar-refractivity contribution in [3.63, 3.8) is 0 Å². The van der Waals surface area contributed by atoms with Crippen LogP contribution in [-0.2, 0) is 6.54 Å². The fraction of sp³-hybridized carbons (Fsp3) is 0.500. The lowest BCUT2D eigenvalue weighted by Gasteiger charge is -2.27. The number of benzene rings is 1. The SMILES string of the molecule is CCC(CSC)N(C)Cc1ccccc1C#CCO. The summed E-state index contributed by atoms with van der Waals surface area (Å²) in [7, 11) is 2.17. The molecule has 0 saturated heterocycles. The molecule has 1 rings (SSSR count). The highest BCUT2D eigenvalue weighted by atomic mass is 32.2. The summed E-state index contributed by atoms with van der Waals surface area (Å²) in [6.45, 7) is 3.04. The zero-order valence-corrected chi connectivity index (χ0v) is 12.8. The minimum atomic E-state index is -0.0891. The maximum Gasteiger partial charge on any atom is 0.104 e. The summed E-state index contributed by atoms with van der Waals surface area (Å²) >= 11 is 1.89. The average molecular weight is 277 g/mol. The van der Waals surface area contributed by atoms with Crippen molar-refractivity contribution < 1.29 is 5.11 Å². The molecule has 1 unspecified atom stereocenters. The third kappa shape index (κ3) is 5.28. The number of rotatable bonds is 6. The van der Waals surface area contributed by atoms with E-state index in [1.54, 1.807) is 0 Å². The van der Waals surface area contributed by atoms with Gasteiger partial charge in [-0.25, -0.2) is 0 Å². The van der Waals surface area contributed by atoms with E-state index >= 15 is 0 Å². The molecule has 0 radical (unpaired) electrons. The van der Waals surface area contributed by atoms with E-state index < -0.39 is 0 Å².